The average Bonchev–Trinajstić information content (AvgIpc) is 2.62. The highest BCUT2D eigenvalue weighted by molar-refractivity contribution is 5.75. The van der Waals surface area contributed by atoms with Gasteiger partial charge < -0.3 is 23.7 Å². The molecule has 1 aliphatic rings. The molecule has 114 valence electrons. The number of rotatable bonds is 6. The normalized spacial score (nSPS) is 29.0. The Balaban J connectivity index is 2.80. The molecule has 4 atom stereocenters. The predicted molar refractivity (Wildman–Crippen MR) is 66.7 cm³/mol. The van der Waals surface area contributed by atoms with Crippen molar-refractivity contribution in [1.29, 1.82) is 0 Å². The Kier molecular flexibility index (Phi) is 6.09. The fourth-order valence-electron chi connectivity index (χ4n) is 2.13. The monoisotopic (exact) mass is 288 g/mol. The first-order valence-corrected chi connectivity index (χ1v) is 6.37. The van der Waals surface area contributed by atoms with Gasteiger partial charge in [0.15, 0.2) is 6.10 Å². The van der Waals surface area contributed by atoms with Crippen molar-refractivity contribution in [2.45, 2.75) is 58.2 Å². The molecule has 0 amide bonds. The van der Waals surface area contributed by atoms with E-state index < -0.39 is 36.5 Å². The third-order valence-electron chi connectivity index (χ3n) is 2.90. The molecule has 1 fully saturated rings. The molecule has 7 nitrogen and oxygen atoms in total. The maximum absolute atomic E-state index is 11.1. The summed E-state index contributed by atoms with van der Waals surface area (Å²) in [5.74, 6) is -1.05. The lowest BCUT2D eigenvalue weighted by Crippen LogP contribution is -2.39. The van der Waals surface area contributed by atoms with Crippen molar-refractivity contribution in [2.75, 3.05) is 7.11 Å². The molecule has 0 bridgehead atoms. The van der Waals surface area contributed by atoms with Crippen LogP contribution in [-0.2, 0) is 33.3 Å². The highest BCUT2D eigenvalue weighted by Crippen LogP contribution is 2.30. The molecule has 1 unspecified atom stereocenters. The summed E-state index contributed by atoms with van der Waals surface area (Å²) in [6.45, 7) is 3.96. The minimum absolute atomic E-state index is 0.0171. The van der Waals surface area contributed by atoms with E-state index >= 15 is 0 Å². The highest BCUT2D eigenvalue weighted by atomic mass is 16.7. The Bertz CT molecular complexity index is 379. The molecule has 0 aromatic carbocycles. The van der Waals surface area contributed by atoms with E-state index in [-0.39, 0.29) is 5.78 Å². The Labute approximate surface area is 117 Å². The summed E-state index contributed by atoms with van der Waals surface area (Å²) in [4.78, 5) is 33.2. The van der Waals surface area contributed by atoms with E-state index in [1.165, 1.54) is 27.9 Å². The van der Waals surface area contributed by atoms with E-state index in [0.29, 0.717) is 12.8 Å². The molecule has 0 aromatic rings. The summed E-state index contributed by atoms with van der Waals surface area (Å²) in [6, 6.07) is 0. The Hall–Kier alpha value is -1.47. The second-order valence-corrected chi connectivity index (χ2v) is 4.67. The van der Waals surface area contributed by atoms with E-state index in [0.717, 1.165) is 0 Å². The summed E-state index contributed by atoms with van der Waals surface area (Å²) >= 11 is 0. The largest absolute Gasteiger partial charge is 0.453 e. The number of hydrogen-bond donors (Lipinski definition) is 0. The molecular weight excluding hydrogens is 268 g/mol. The number of esters is 2. The number of ether oxygens (including phenoxy) is 4. The molecular formula is C13H20O7. The SMILES string of the molecule is CO[C@H]1[C@@H](CCC(C)=O)OC(OC(C)=O)[C@@H]1OC(C)=O. The zero-order valence-corrected chi connectivity index (χ0v) is 12.1. The summed E-state index contributed by atoms with van der Waals surface area (Å²) in [7, 11) is 1.45. The van der Waals surface area contributed by atoms with Gasteiger partial charge in [-0.2, -0.15) is 0 Å². The second-order valence-electron chi connectivity index (χ2n) is 4.67. The van der Waals surface area contributed by atoms with Gasteiger partial charge >= 0.3 is 11.9 Å². The quantitative estimate of drug-likeness (QED) is 0.661. The molecule has 0 radical (unpaired) electrons. The first kappa shape index (κ1) is 16.6. The van der Waals surface area contributed by atoms with Crippen LogP contribution in [0.5, 0.6) is 0 Å². The molecule has 0 N–H and O–H groups in total. The minimum Gasteiger partial charge on any atom is -0.453 e. The first-order valence-electron chi connectivity index (χ1n) is 6.37. The Morgan fingerprint density at radius 1 is 1.00 bits per heavy atom. The number of Topliss-reactive ketones (excluding diaryl/α,β-unsaturated/α-hetero) is 1. The summed E-state index contributed by atoms with van der Waals surface area (Å²) in [5.41, 5.74) is 0. The summed E-state index contributed by atoms with van der Waals surface area (Å²) in [5, 5.41) is 0. The zero-order valence-electron chi connectivity index (χ0n) is 12.1. The number of hydrogen-bond acceptors (Lipinski definition) is 7. The van der Waals surface area contributed by atoms with Crippen molar-refractivity contribution >= 4 is 17.7 Å². The van der Waals surface area contributed by atoms with Crippen molar-refractivity contribution in [3.8, 4) is 0 Å². The van der Waals surface area contributed by atoms with Crippen LogP contribution in [0.4, 0.5) is 0 Å². The number of methoxy groups -OCH3 is 1. The van der Waals surface area contributed by atoms with E-state index in [1.54, 1.807) is 0 Å². The minimum atomic E-state index is -1.02. The van der Waals surface area contributed by atoms with Gasteiger partial charge in [-0.3, -0.25) is 9.59 Å². The van der Waals surface area contributed by atoms with Crippen molar-refractivity contribution in [1.82, 2.24) is 0 Å². The summed E-state index contributed by atoms with van der Waals surface area (Å²) in [6.07, 6.45) is -2.19. The van der Waals surface area contributed by atoms with Gasteiger partial charge in [-0.25, -0.2) is 0 Å². The van der Waals surface area contributed by atoms with Crippen LogP contribution in [0.1, 0.15) is 33.6 Å². The second kappa shape index (κ2) is 7.35. The van der Waals surface area contributed by atoms with Crippen LogP contribution in [0.15, 0.2) is 0 Å². The topological polar surface area (TPSA) is 88.1 Å². The van der Waals surface area contributed by atoms with Crippen LogP contribution >= 0.6 is 0 Å². The van der Waals surface area contributed by atoms with Crippen molar-refractivity contribution in [3.05, 3.63) is 0 Å². The molecule has 1 saturated heterocycles. The fourth-order valence-corrected chi connectivity index (χ4v) is 2.13. The Morgan fingerprint density at radius 3 is 2.05 bits per heavy atom. The van der Waals surface area contributed by atoms with E-state index in [2.05, 4.69) is 0 Å². The lowest BCUT2D eigenvalue weighted by molar-refractivity contribution is -0.195. The lowest BCUT2D eigenvalue weighted by atomic mass is 10.0. The predicted octanol–water partition coefficient (Wildman–Crippen LogP) is 0.590. The van der Waals surface area contributed by atoms with Crippen LogP contribution in [0.2, 0.25) is 0 Å². The van der Waals surface area contributed by atoms with Gasteiger partial charge in [0.2, 0.25) is 6.29 Å². The third kappa shape index (κ3) is 4.57. The van der Waals surface area contributed by atoms with E-state index in [4.69, 9.17) is 18.9 Å². The van der Waals surface area contributed by atoms with Gasteiger partial charge in [0.1, 0.15) is 11.9 Å². The van der Waals surface area contributed by atoms with Crippen molar-refractivity contribution in [3.63, 3.8) is 0 Å². The molecule has 20 heavy (non-hydrogen) atoms. The fraction of sp³-hybridized carbons (Fsp3) is 0.769. The van der Waals surface area contributed by atoms with Crippen molar-refractivity contribution < 1.29 is 33.3 Å². The van der Waals surface area contributed by atoms with Crippen LogP contribution in [-0.4, -0.2) is 49.4 Å². The summed E-state index contributed by atoms with van der Waals surface area (Å²) < 4.78 is 20.9. The maximum Gasteiger partial charge on any atom is 0.305 e. The molecule has 1 rings (SSSR count). The van der Waals surface area contributed by atoms with Crippen LogP contribution in [0.3, 0.4) is 0 Å². The van der Waals surface area contributed by atoms with E-state index in [1.807, 2.05) is 0 Å². The zero-order chi connectivity index (χ0) is 15.3. The van der Waals surface area contributed by atoms with Gasteiger partial charge in [-0.05, 0) is 13.3 Å². The van der Waals surface area contributed by atoms with Gasteiger partial charge in [0.05, 0.1) is 6.10 Å². The van der Waals surface area contributed by atoms with Crippen LogP contribution < -0.4 is 0 Å². The molecule has 1 heterocycles. The molecule has 1 aliphatic heterocycles. The van der Waals surface area contributed by atoms with E-state index in [9.17, 15) is 14.4 Å². The van der Waals surface area contributed by atoms with Crippen LogP contribution in [0.25, 0.3) is 0 Å². The average molecular weight is 288 g/mol. The van der Waals surface area contributed by atoms with Crippen LogP contribution in [0, 0.1) is 0 Å². The molecule has 0 aromatic heterocycles. The smallest absolute Gasteiger partial charge is 0.305 e. The van der Waals surface area contributed by atoms with Gasteiger partial charge in [0.25, 0.3) is 0 Å². The Morgan fingerprint density at radius 2 is 1.60 bits per heavy atom. The van der Waals surface area contributed by atoms with Gasteiger partial charge in [0, 0.05) is 27.4 Å². The maximum atomic E-state index is 11.1. The molecule has 0 aliphatic carbocycles. The molecule has 0 spiro atoms. The first-order chi connectivity index (χ1) is 9.35. The number of carbonyl (C=O) groups excluding carboxylic acids is 3. The van der Waals surface area contributed by atoms with Crippen molar-refractivity contribution in [2.24, 2.45) is 0 Å². The third-order valence-corrected chi connectivity index (χ3v) is 2.90. The molecule has 7 heteroatoms. The standard InChI is InChI=1S/C13H20O7/c1-7(14)5-6-10-11(17-4)12(18-8(2)15)13(20-10)19-9(3)16/h10-13H,5-6H2,1-4H3/t10-,11+,12-,13?/m1/s1. The molecule has 0 saturated carbocycles. The highest BCUT2D eigenvalue weighted by Gasteiger charge is 2.48. The van der Waals surface area contributed by atoms with Gasteiger partial charge in [-0.15, -0.1) is 0 Å². The van der Waals surface area contributed by atoms with Gasteiger partial charge in [-0.1, -0.05) is 0 Å². The lowest BCUT2D eigenvalue weighted by Gasteiger charge is -2.21. The number of carbonyl (C=O) groups is 3. The number of ketones is 1.